The third kappa shape index (κ3) is 2.29. The van der Waals surface area contributed by atoms with Crippen molar-refractivity contribution in [2.24, 2.45) is 17.8 Å². The van der Waals surface area contributed by atoms with Crippen molar-refractivity contribution in [3.8, 4) is 0 Å². The van der Waals surface area contributed by atoms with Crippen molar-refractivity contribution in [1.29, 1.82) is 0 Å². The van der Waals surface area contributed by atoms with Crippen LogP contribution in [0.5, 0.6) is 0 Å². The molecule has 3 unspecified atom stereocenters. The van der Waals surface area contributed by atoms with Gasteiger partial charge < -0.3 is 10.1 Å². The Morgan fingerprint density at radius 2 is 1.89 bits per heavy atom. The fourth-order valence-corrected chi connectivity index (χ4v) is 3.18. The number of likely N-dealkylation sites (N-methyl/N-ethyl adjacent to an activating group) is 1. The topological polar surface area (TPSA) is 58.6 Å². The lowest BCUT2D eigenvalue weighted by Gasteiger charge is -2.23. The van der Waals surface area contributed by atoms with Crippen LogP contribution in [0.15, 0.2) is 0 Å². The third-order valence-electron chi connectivity index (χ3n) is 4.14. The van der Waals surface area contributed by atoms with E-state index in [1.54, 1.807) is 7.11 Å². The minimum atomic E-state index is -0.0625. The Morgan fingerprint density at radius 1 is 1.33 bits per heavy atom. The highest BCUT2D eigenvalue weighted by atomic mass is 16.5. The van der Waals surface area contributed by atoms with Crippen LogP contribution in [0.1, 0.15) is 19.8 Å². The van der Waals surface area contributed by atoms with Gasteiger partial charge in [0.05, 0.1) is 18.4 Å². The summed E-state index contributed by atoms with van der Waals surface area (Å²) in [5, 5.41) is 3.07. The normalized spacial score (nSPS) is 33.1. The Bertz CT molecular complexity index is 321. The molecular formula is C13H22N2O3. The number of nitrogens with one attached hydrogen (secondary N) is 1. The number of fused-ring (bicyclic) bond motifs is 1. The summed E-state index contributed by atoms with van der Waals surface area (Å²) in [7, 11) is 3.44. The summed E-state index contributed by atoms with van der Waals surface area (Å²) >= 11 is 0. The lowest BCUT2D eigenvalue weighted by Crippen LogP contribution is -2.45. The summed E-state index contributed by atoms with van der Waals surface area (Å²) < 4.78 is 5.07. The average Bonchev–Trinajstić information content (AvgIpc) is 2.82. The maximum absolute atomic E-state index is 12.2. The number of amides is 2. The number of carbonyl (C=O) groups excluding carboxylic acids is 2. The highest BCUT2D eigenvalue weighted by molar-refractivity contribution is 6.05. The predicted molar refractivity (Wildman–Crippen MR) is 66.8 cm³/mol. The number of hydrogen-bond donors (Lipinski definition) is 1. The number of carbonyl (C=O) groups is 2. The van der Waals surface area contributed by atoms with Crippen LogP contribution in [0.3, 0.4) is 0 Å². The molecule has 1 N–H and O–H groups in total. The fraction of sp³-hybridized carbons (Fsp3) is 0.846. The summed E-state index contributed by atoms with van der Waals surface area (Å²) in [6.45, 7) is 3.03. The first kappa shape index (κ1) is 13.5. The standard InChI is InChI=1S/C13H22N2O3/c1-8-4-10-11(5-8)13(17)15(12(10)16)6-9(14-2)7-18-3/h8-11,14H,4-7H2,1-3H3. The molecule has 1 aliphatic heterocycles. The van der Waals surface area contributed by atoms with E-state index in [-0.39, 0.29) is 29.7 Å². The van der Waals surface area contributed by atoms with Gasteiger partial charge in [0, 0.05) is 19.7 Å². The highest BCUT2D eigenvalue weighted by Gasteiger charge is 2.51. The molecule has 5 heteroatoms. The van der Waals surface area contributed by atoms with E-state index in [1.807, 2.05) is 7.05 Å². The fourth-order valence-electron chi connectivity index (χ4n) is 3.18. The van der Waals surface area contributed by atoms with Gasteiger partial charge in [-0.05, 0) is 25.8 Å². The minimum absolute atomic E-state index is 0.0131. The largest absolute Gasteiger partial charge is 0.383 e. The van der Waals surface area contributed by atoms with Gasteiger partial charge in [0.15, 0.2) is 0 Å². The Hall–Kier alpha value is -0.940. The van der Waals surface area contributed by atoms with Gasteiger partial charge in [-0.3, -0.25) is 14.5 Å². The van der Waals surface area contributed by atoms with Gasteiger partial charge >= 0.3 is 0 Å². The van der Waals surface area contributed by atoms with E-state index in [0.717, 1.165) is 12.8 Å². The molecule has 2 amide bonds. The van der Waals surface area contributed by atoms with Crippen LogP contribution >= 0.6 is 0 Å². The first-order valence-electron chi connectivity index (χ1n) is 6.59. The molecule has 18 heavy (non-hydrogen) atoms. The van der Waals surface area contributed by atoms with E-state index in [2.05, 4.69) is 12.2 Å². The highest BCUT2D eigenvalue weighted by Crippen LogP contribution is 2.42. The van der Waals surface area contributed by atoms with E-state index in [4.69, 9.17) is 4.74 Å². The smallest absolute Gasteiger partial charge is 0.233 e. The number of ether oxygens (including phenoxy) is 1. The quantitative estimate of drug-likeness (QED) is 0.715. The number of imide groups is 1. The van der Waals surface area contributed by atoms with Crippen molar-refractivity contribution in [3.63, 3.8) is 0 Å². The maximum atomic E-state index is 12.2. The zero-order valence-electron chi connectivity index (χ0n) is 11.3. The second-order valence-corrected chi connectivity index (χ2v) is 5.52. The summed E-state index contributed by atoms with van der Waals surface area (Å²) in [5.41, 5.74) is 0. The molecule has 0 bridgehead atoms. The van der Waals surface area contributed by atoms with Gasteiger partial charge in [-0.2, -0.15) is 0 Å². The SMILES string of the molecule is CNC(COC)CN1C(=O)C2CC(C)CC2C1=O. The molecule has 0 aromatic rings. The van der Waals surface area contributed by atoms with Crippen LogP contribution < -0.4 is 5.32 Å². The zero-order chi connectivity index (χ0) is 13.3. The predicted octanol–water partition coefficient (Wildman–Crippen LogP) is 0.252. The second kappa shape index (κ2) is 5.36. The molecule has 1 saturated carbocycles. The van der Waals surface area contributed by atoms with Crippen LogP contribution in [0, 0.1) is 17.8 Å². The van der Waals surface area contributed by atoms with E-state index < -0.39 is 0 Å². The molecule has 0 aromatic carbocycles. The maximum Gasteiger partial charge on any atom is 0.233 e. The molecule has 0 radical (unpaired) electrons. The Kier molecular flexibility index (Phi) is 4.02. The van der Waals surface area contributed by atoms with Crippen molar-refractivity contribution >= 4 is 11.8 Å². The van der Waals surface area contributed by atoms with Gasteiger partial charge in [-0.15, -0.1) is 0 Å². The van der Waals surface area contributed by atoms with Crippen molar-refractivity contribution in [3.05, 3.63) is 0 Å². The minimum Gasteiger partial charge on any atom is -0.383 e. The van der Waals surface area contributed by atoms with Gasteiger partial charge in [0.1, 0.15) is 0 Å². The van der Waals surface area contributed by atoms with E-state index in [1.165, 1.54) is 4.90 Å². The summed E-state index contributed by atoms with van der Waals surface area (Å²) in [4.78, 5) is 25.9. The van der Waals surface area contributed by atoms with Gasteiger partial charge in [-0.25, -0.2) is 0 Å². The average molecular weight is 254 g/mol. The van der Waals surface area contributed by atoms with Gasteiger partial charge in [0.25, 0.3) is 0 Å². The van der Waals surface area contributed by atoms with Crippen LogP contribution in [0.2, 0.25) is 0 Å². The first-order chi connectivity index (χ1) is 8.58. The van der Waals surface area contributed by atoms with Crippen molar-refractivity contribution in [2.45, 2.75) is 25.8 Å². The van der Waals surface area contributed by atoms with E-state index >= 15 is 0 Å². The van der Waals surface area contributed by atoms with Gasteiger partial charge in [-0.1, -0.05) is 6.92 Å². The van der Waals surface area contributed by atoms with Crippen LogP contribution in [-0.2, 0) is 14.3 Å². The molecule has 1 aliphatic carbocycles. The number of rotatable bonds is 5. The van der Waals surface area contributed by atoms with Gasteiger partial charge in [0.2, 0.25) is 11.8 Å². The molecule has 102 valence electrons. The molecule has 2 fully saturated rings. The van der Waals surface area contributed by atoms with Crippen molar-refractivity contribution in [1.82, 2.24) is 10.2 Å². The summed E-state index contributed by atoms with van der Waals surface area (Å²) in [6, 6.07) is 0.0131. The van der Waals surface area contributed by atoms with E-state index in [9.17, 15) is 9.59 Å². The van der Waals surface area contributed by atoms with Crippen molar-refractivity contribution < 1.29 is 14.3 Å². The van der Waals surface area contributed by atoms with Crippen molar-refractivity contribution in [2.75, 3.05) is 27.3 Å². The second-order valence-electron chi connectivity index (χ2n) is 5.52. The Balaban J connectivity index is 2.03. The number of likely N-dealkylation sites (tertiary alicyclic amines) is 1. The number of nitrogens with zero attached hydrogens (tertiary/aromatic N) is 1. The molecule has 0 aromatic heterocycles. The molecule has 2 rings (SSSR count). The lowest BCUT2D eigenvalue weighted by molar-refractivity contribution is -0.141. The zero-order valence-corrected chi connectivity index (χ0v) is 11.3. The number of hydrogen-bond acceptors (Lipinski definition) is 4. The molecule has 5 nitrogen and oxygen atoms in total. The molecular weight excluding hydrogens is 232 g/mol. The van der Waals surface area contributed by atoms with Crippen LogP contribution in [0.25, 0.3) is 0 Å². The Labute approximate surface area is 108 Å². The lowest BCUT2D eigenvalue weighted by atomic mass is 10.00. The molecule has 2 aliphatic rings. The number of methoxy groups -OCH3 is 1. The molecule has 3 atom stereocenters. The summed E-state index contributed by atoms with van der Waals surface area (Å²) in [6.07, 6.45) is 1.72. The first-order valence-corrected chi connectivity index (χ1v) is 6.59. The molecule has 1 heterocycles. The summed E-state index contributed by atoms with van der Waals surface area (Å²) in [5.74, 6) is 0.408. The van der Waals surface area contributed by atoms with Crippen LogP contribution in [0.4, 0.5) is 0 Å². The monoisotopic (exact) mass is 254 g/mol. The molecule has 0 spiro atoms. The Morgan fingerprint density at radius 3 is 2.33 bits per heavy atom. The molecule has 1 saturated heterocycles. The van der Waals surface area contributed by atoms with Crippen LogP contribution in [-0.4, -0.2) is 50.1 Å². The van der Waals surface area contributed by atoms with E-state index in [0.29, 0.717) is 19.1 Å². The third-order valence-corrected chi connectivity index (χ3v) is 4.14.